The molecule has 0 N–H and O–H groups in total. The van der Waals surface area contributed by atoms with Crippen LogP contribution in [0.25, 0.3) is 11.3 Å². The van der Waals surface area contributed by atoms with Crippen molar-refractivity contribution in [1.82, 2.24) is 4.98 Å². The van der Waals surface area contributed by atoms with Crippen molar-refractivity contribution in [3.05, 3.63) is 29.6 Å². The summed E-state index contributed by atoms with van der Waals surface area (Å²) in [7, 11) is -3.18. The minimum Gasteiger partial charge on any atom is -0.348 e. The van der Waals surface area contributed by atoms with Gasteiger partial charge >= 0.3 is 0 Å². The first-order valence-electron chi connectivity index (χ1n) is 7.05. The monoisotopic (exact) mass is 322 g/mol. The Kier molecular flexibility index (Phi) is 3.99. The van der Waals surface area contributed by atoms with Crippen molar-refractivity contribution in [2.75, 3.05) is 24.2 Å². The summed E-state index contributed by atoms with van der Waals surface area (Å²) in [5, 5.41) is 3.04. The van der Waals surface area contributed by atoms with E-state index in [9.17, 15) is 8.42 Å². The molecule has 1 fully saturated rings. The highest BCUT2D eigenvalue weighted by atomic mass is 32.2. The Bertz CT molecular complexity index is 732. The molecule has 2 aromatic rings. The molecule has 1 saturated heterocycles. The van der Waals surface area contributed by atoms with Crippen LogP contribution in [0.2, 0.25) is 0 Å². The summed E-state index contributed by atoms with van der Waals surface area (Å²) in [5.74, 6) is 0. The molecule has 0 radical (unpaired) electrons. The molecule has 0 atom stereocenters. The first kappa shape index (κ1) is 14.5. The number of piperidine rings is 1. The van der Waals surface area contributed by atoms with Gasteiger partial charge in [-0.15, -0.1) is 11.3 Å². The number of hydrogen-bond acceptors (Lipinski definition) is 5. The fraction of sp³-hybridized carbons (Fsp3) is 0.400. The average molecular weight is 322 g/mol. The standard InChI is InChI=1S/C15H18N2O2S2/c1-21(18,19)13-7-5-6-12(10-13)14-11-20-15(16-14)17-8-3-2-4-9-17/h5-7,10-11H,2-4,8-9H2,1H3. The Balaban J connectivity index is 1.89. The zero-order chi connectivity index (χ0) is 14.9. The van der Waals surface area contributed by atoms with Gasteiger partial charge in [0.25, 0.3) is 0 Å². The molecule has 1 aliphatic heterocycles. The molecule has 6 heteroatoms. The first-order valence-corrected chi connectivity index (χ1v) is 9.82. The fourth-order valence-electron chi connectivity index (χ4n) is 2.51. The molecule has 1 aliphatic rings. The van der Waals surface area contributed by atoms with E-state index in [4.69, 9.17) is 0 Å². The molecule has 21 heavy (non-hydrogen) atoms. The molecule has 0 saturated carbocycles. The zero-order valence-corrected chi connectivity index (χ0v) is 13.6. The minimum atomic E-state index is -3.18. The van der Waals surface area contributed by atoms with Gasteiger partial charge in [-0.05, 0) is 31.4 Å². The van der Waals surface area contributed by atoms with Gasteiger partial charge in [0, 0.05) is 30.3 Å². The zero-order valence-electron chi connectivity index (χ0n) is 11.9. The van der Waals surface area contributed by atoms with E-state index in [1.54, 1.807) is 29.5 Å². The predicted molar refractivity (Wildman–Crippen MR) is 86.7 cm³/mol. The molecular weight excluding hydrogens is 304 g/mol. The van der Waals surface area contributed by atoms with E-state index in [1.807, 2.05) is 11.4 Å². The van der Waals surface area contributed by atoms with E-state index in [2.05, 4.69) is 9.88 Å². The Hall–Kier alpha value is -1.40. The minimum absolute atomic E-state index is 0.340. The fourth-order valence-corrected chi connectivity index (χ4v) is 4.07. The van der Waals surface area contributed by atoms with Crippen LogP contribution >= 0.6 is 11.3 Å². The molecule has 3 rings (SSSR count). The second-order valence-electron chi connectivity index (χ2n) is 5.36. The largest absolute Gasteiger partial charge is 0.348 e. The number of nitrogens with zero attached hydrogens (tertiary/aromatic N) is 2. The number of hydrogen-bond donors (Lipinski definition) is 0. The predicted octanol–water partition coefficient (Wildman–Crippen LogP) is 3.20. The quantitative estimate of drug-likeness (QED) is 0.871. The molecule has 0 unspecified atom stereocenters. The topological polar surface area (TPSA) is 50.3 Å². The summed E-state index contributed by atoms with van der Waals surface area (Å²) in [4.78, 5) is 7.33. The van der Waals surface area contributed by atoms with E-state index >= 15 is 0 Å². The van der Waals surface area contributed by atoms with Crippen molar-refractivity contribution in [2.24, 2.45) is 0 Å². The van der Waals surface area contributed by atoms with E-state index in [1.165, 1.54) is 25.5 Å². The van der Waals surface area contributed by atoms with Gasteiger partial charge in [0.05, 0.1) is 10.6 Å². The highest BCUT2D eigenvalue weighted by Crippen LogP contribution is 2.30. The molecule has 0 aliphatic carbocycles. The highest BCUT2D eigenvalue weighted by Gasteiger charge is 2.15. The number of sulfone groups is 1. The van der Waals surface area contributed by atoms with Crippen molar-refractivity contribution in [3.63, 3.8) is 0 Å². The van der Waals surface area contributed by atoms with Crippen molar-refractivity contribution < 1.29 is 8.42 Å². The molecule has 0 bridgehead atoms. The third kappa shape index (κ3) is 3.27. The van der Waals surface area contributed by atoms with Crippen molar-refractivity contribution in [1.29, 1.82) is 0 Å². The summed E-state index contributed by atoms with van der Waals surface area (Å²) in [6.07, 6.45) is 4.97. The van der Waals surface area contributed by atoms with Gasteiger partial charge in [-0.25, -0.2) is 13.4 Å². The molecule has 0 amide bonds. The number of benzene rings is 1. The molecule has 0 spiro atoms. The van der Waals surface area contributed by atoms with E-state index in [0.29, 0.717) is 4.90 Å². The molecule has 2 heterocycles. The summed E-state index contributed by atoms with van der Waals surface area (Å²) in [6, 6.07) is 7.00. The van der Waals surface area contributed by atoms with Gasteiger partial charge in [0.15, 0.2) is 15.0 Å². The van der Waals surface area contributed by atoms with Crippen molar-refractivity contribution in [3.8, 4) is 11.3 Å². The lowest BCUT2D eigenvalue weighted by Gasteiger charge is -2.25. The highest BCUT2D eigenvalue weighted by molar-refractivity contribution is 7.90. The van der Waals surface area contributed by atoms with Crippen LogP contribution in [0, 0.1) is 0 Å². The summed E-state index contributed by atoms with van der Waals surface area (Å²) in [5.41, 5.74) is 1.71. The van der Waals surface area contributed by atoms with Gasteiger partial charge in [-0.1, -0.05) is 12.1 Å². The molecule has 1 aromatic heterocycles. The lowest BCUT2D eigenvalue weighted by Crippen LogP contribution is -2.29. The van der Waals surface area contributed by atoms with Crippen LogP contribution in [0.3, 0.4) is 0 Å². The Morgan fingerprint density at radius 2 is 1.95 bits per heavy atom. The average Bonchev–Trinajstić information content (AvgIpc) is 2.97. The van der Waals surface area contributed by atoms with Crippen LogP contribution in [0.4, 0.5) is 5.13 Å². The third-order valence-electron chi connectivity index (χ3n) is 3.68. The first-order chi connectivity index (χ1) is 10.0. The van der Waals surface area contributed by atoms with E-state index in [0.717, 1.165) is 29.5 Å². The van der Waals surface area contributed by atoms with Crippen LogP contribution in [0.15, 0.2) is 34.5 Å². The molecule has 1 aromatic carbocycles. The van der Waals surface area contributed by atoms with Crippen LogP contribution in [-0.2, 0) is 9.84 Å². The summed E-state index contributed by atoms with van der Waals surface area (Å²) < 4.78 is 23.3. The second kappa shape index (κ2) is 5.77. The number of aromatic nitrogens is 1. The normalized spacial score (nSPS) is 16.1. The molecule has 112 valence electrons. The van der Waals surface area contributed by atoms with Gasteiger partial charge < -0.3 is 4.90 Å². The summed E-state index contributed by atoms with van der Waals surface area (Å²) in [6.45, 7) is 2.13. The number of thiazole rings is 1. The SMILES string of the molecule is CS(=O)(=O)c1cccc(-c2csc(N3CCCCC3)n2)c1. The van der Waals surface area contributed by atoms with Crippen LogP contribution in [-0.4, -0.2) is 32.7 Å². The smallest absolute Gasteiger partial charge is 0.185 e. The van der Waals surface area contributed by atoms with Crippen LogP contribution in [0.5, 0.6) is 0 Å². The lowest BCUT2D eigenvalue weighted by molar-refractivity contribution is 0.577. The second-order valence-corrected chi connectivity index (χ2v) is 8.22. The Morgan fingerprint density at radius 1 is 1.19 bits per heavy atom. The summed E-state index contributed by atoms with van der Waals surface area (Å²) >= 11 is 1.63. The maximum absolute atomic E-state index is 11.6. The Labute approximate surface area is 129 Å². The maximum atomic E-state index is 11.6. The number of anilines is 1. The molecular formula is C15H18N2O2S2. The Morgan fingerprint density at radius 3 is 2.67 bits per heavy atom. The number of rotatable bonds is 3. The van der Waals surface area contributed by atoms with Gasteiger partial charge in [0.1, 0.15) is 0 Å². The van der Waals surface area contributed by atoms with E-state index in [-0.39, 0.29) is 0 Å². The van der Waals surface area contributed by atoms with Crippen molar-refractivity contribution >= 4 is 26.3 Å². The van der Waals surface area contributed by atoms with Crippen LogP contribution in [0.1, 0.15) is 19.3 Å². The third-order valence-corrected chi connectivity index (χ3v) is 5.69. The van der Waals surface area contributed by atoms with Crippen molar-refractivity contribution in [2.45, 2.75) is 24.2 Å². The van der Waals surface area contributed by atoms with E-state index < -0.39 is 9.84 Å². The lowest BCUT2D eigenvalue weighted by atomic mass is 10.1. The molecule has 4 nitrogen and oxygen atoms in total. The maximum Gasteiger partial charge on any atom is 0.185 e. The van der Waals surface area contributed by atoms with Gasteiger partial charge in [-0.2, -0.15) is 0 Å². The van der Waals surface area contributed by atoms with Crippen LogP contribution < -0.4 is 4.90 Å². The van der Waals surface area contributed by atoms with Gasteiger partial charge in [-0.3, -0.25) is 0 Å². The van der Waals surface area contributed by atoms with Gasteiger partial charge in [0.2, 0.25) is 0 Å².